The van der Waals surface area contributed by atoms with E-state index < -0.39 is 5.92 Å². The highest BCUT2D eigenvalue weighted by Gasteiger charge is 2.22. The van der Waals surface area contributed by atoms with Crippen LogP contribution >= 0.6 is 0 Å². The molecule has 0 bridgehead atoms. The van der Waals surface area contributed by atoms with E-state index in [9.17, 15) is 8.78 Å². The molecule has 1 aliphatic rings. The van der Waals surface area contributed by atoms with Crippen molar-refractivity contribution in [2.75, 3.05) is 33.2 Å². The van der Waals surface area contributed by atoms with Gasteiger partial charge in [0.25, 0.3) is 0 Å². The molecule has 90 valence electrons. The van der Waals surface area contributed by atoms with Gasteiger partial charge >= 0.3 is 0 Å². The first kappa shape index (κ1) is 12.8. The number of halogens is 2. The first-order valence-corrected chi connectivity index (χ1v) is 5.74. The summed E-state index contributed by atoms with van der Waals surface area (Å²) in [6, 6.07) is 0. The zero-order chi connectivity index (χ0) is 11.3. The molecule has 0 aromatic heterocycles. The van der Waals surface area contributed by atoms with Crippen molar-refractivity contribution in [1.82, 2.24) is 10.2 Å². The van der Waals surface area contributed by atoms with Gasteiger partial charge in [-0.05, 0) is 45.8 Å². The van der Waals surface area contributed by atoms with E-state index in [-0.39, 0.29) is 6.42 Å². The Morgan fingerprint density at radius 3 is 2.47 bits per heavy atom. The van der Waals surface area contributed by atoms with Crippen LogP contribution in [0.5, 0.6) is 0 Å². The molecule has 0 aliphatic carbocycles. The monoisotopic (exact) mass is 220 g/mol. The molecule has 1 heterocycles. The summed E-state index contributed by atoms with van der Waals surface area (Å²) in [6.07, 6.45) is 2.31. The van der Waals surface area contributed by atoms with Gasteiger partial charge in [0.1, 0.15) is 0 Å². The largest absolute Gasteiger partial charge is 0.317 e. The van der Waals surface area contributed by atoms with Crippen molar-refractivity contribution in [3.8, 4) is 0 Å². The molecule has 1 saturated heterocycles. The molecule has 2 nitrogen and oxygen atoms in total. The Morgan fingerprint density at radius 1 is 1.33 bits per heavy atom. The number of hydrogen-bond acceptors (Lipinski definition) is 2. The predicted octanol–water partition coefficient (Wildman–Crippen LogP) is 1.96. The van der Waals surface area contributed by atoms with Crippen molar-refractivity contribution in [2.24, 2.45) is 5.92 Å². The number of nitrogens with one attached hydrogen (secondary N) is 1. The highest BCUT2D eigenvalue weighted by molar-refractivity contribution is 4.72. The first-order chi connectivity index (χ1) is 6.97. The lowest BCUT2D eigenvalue weighted by atomic mass is 9.97. The van der Waals surface area contributed by atoms with Crippen LogP contribution in [0.2, 0.25) is 0 Å². The molecular weight excluding hydrogens is 198 g/mol. The smallest absolute Gasteiger partial charge is 0.246 e. The van der Waals surface area contributed by atoms with Gasteiger partial charge in [-0.1, -0.05) is 0 Å². The van der Waals surface area contributed by atoms with Gasteiger partial charge < -0.3 is 10.2 Å². The summed E-state index contributed by atoms with van der Waals surface area (Å²) in [4.78, 5) is 2.04. The van der Waals surface area contributed by atoms with E-state index in [2.05, 4.69) is 5.32 Å². The van der Waals surface area contributed by atoms with Crippen molar-refractivity contribution in [2.45, 2.75) is 32.1 Å². The Kier molecular flexibility index (Phi) is 4.93. The van der Waals surface area contributed by atoms with Crippen molar-refractivity contribution in [3.63, 3.8) is 0 Å². The average Bonchev–Trinajstić information content (AvgIpc) is 2.15. The highest BCUT2D eigenvalue weighted by atomic mass is 19.3. The minimum atomic E-state index is -2.53. The fourth-order valence-corrected chi connectivity index (χ4v) is 1.98. The molecule has 1 rings (SSSR count). The van der Waals surface area contributed by atoms with Crippen LogP contribution in [0.15, 0.2) is 0 Å². The molecule has 0 amide bonds. The predicted molar refractivity (Wildman–Crippen MR) is 58.3 cm³/mol. The average molecular weight is 220 g/mol. The molecule has 1 aliphatic heterocycles. The minimum absolute atomic E-state index is 0.0333. The van der Waals surface area contributed by atoms with E-state index in [4.69, 9.17) is 0 Å². The molecule has 0 unspecified atom stereocenters. The molecule has 1 fully saturated rings. The second-order valence-electron chi connectivity index (χ2n) is 4.78. The molecule has 0 saturated carbocycles. The number of rotatable bonds is 5. The Labute approximate surface area is 91.0 Å². The van der Waals surface area contributed by atoms with Gasteiger partial charge in [-0.3, -0.25) is 0 Å². The van der Waals surface area contributed by atoms with Crippen LogP contribution < -0.4 is 5.32 Å². The van der Waals surface area contributed by atoms with Crippen molar-refractivity contribution >= 4 is 0 Å². The number of piperidine rings is 1. The quantitative estimate of drug-likeness (QED) is 0.762. The van der Waals surface area contributed by atoms with Gasteiger partial charge in [0.15, 0.2) is 0 Å². The van der Waals surface area contributed by atoms with Crippen molar-refractivity contribution < 1.29 is 8.78 Å². The van der Waals surface area contributed by atoms with Crippen LogP contribution in [0.4, 0.5) is 8.78 Å². The van der Waals surface area contributed by atoms with E-state index in [1.807, 2.05) is 11.9 Å². The normalized spacial score (nSPS) is 19.8. The molecule has 15 heavy (non-hydrogen) atoms. The van der Waals surface area contributed by atoms with Gasteiger partial charge in [-0.15, -0.1) is 0 Å². The van der Waals surface area contributed by atoms with Crippen LogP contribution in [0.1, 0.15) is 26.2 Å². The molecule has 0 radical (unpaired) electrons. The summed E-state index contributed by atoms with van der Waals surface area (Å²) < 4.78 is 25.2. The summed E-state index contributed by atoms with van der Waals surface area (Å²) in [5.41, 5.74) is 0. The lowest BCUT2D eigenvalue weighted by Crippen LogP contribution is -2.35. The second-order valence-corrected chi connectivity index (χ2v) is 4.78. The maximum Gasteiger partial charge on any atom is 0.246 e. The molecule has 0 aromatic rings. The molecule has 0 atom stereocenters. The van der Waals surface area contributed by atoms with Gasteiger partial charge in [0.05, 0.1) is 0 Å². The summed E-state index contributed by atoms with van der Waals surface area (Å²) in [7, 11) is 1.94. The summed E-state index contributed by atoms with van der Waals surface area (Å²) in [5.74, 6) is -1.84. The zero-order valence-electron chi connectivity index (χ0n) is 9.73. The molecule has 4 heteroatoms. The summed E-state index contributed by atoms with van der Waals surface area (Å²) in [6.45, 7) is 4.58. The standard InChI is InChI=1S/C11H22F2N2/c1-11(12,13)5-8-15(2)9-10-3-6-14-7-4-10/h10,14H,3-9H2,1-2H3. The van der Waals surface area contributed by atoms with Crippen LogP contribution in [0.25, 0.3) is 0 Å². The third-order valence-electron chi connectivity index (χ3n) is 2.96. The lowest BCUT2D eigenvalue weighted by molar-refractivity contribution is 0.00391. The Bertz CT molecular complexity index is 174. The van der Waals surface area contributed by atoms with Crippen molar-refractivity contribution in [1.29, 1.82) is 0 Å². The zero-order valence-corrected chi connectivity index (χ0v) is 9.73. The van der Waals surface area contributed by atoms with E-state index in [1.165, 1.54) is 12.8 Å². The van der Waals surface area contributed by atoms with Gasteiger partial charge in [-0.25, -0.2) is 8.78 Å². The SMILES string of the molecule is CN(CCC(C)(F)F)CC1CCNCC1. The van der Waals surface area contributed by atoms with E-state index in [0.29, 0.717) is 12.5 Å². The van der Waals surface area contributed by atoms with Crippen LogP contribution in [0.3, 0.4) is 0 Å². The van der Waals surface area contributed by atoms with Crippen molar-refractivity contribution in [3.05, 3.63) is 0 Å². The van der Waals surface area contributed by atoms with E-state index in [1.54, 1.807) is 0 Å². The van der Waals surface area contributed by atoms with E-state index in [0.717, 1.165) is 26.6 Å². The second kappa shape index (κ2) is 5.75. The van der Waals surface area contributed by atoms with Gasteiger partial charge in [-0.2, -0.15) is 0 Å². The lowest BCUT2D eigenvalue weighted by Gasteiger charge is -2.28. The maximum absolute atomic E-state index is 12.6. The molecular formula is C11H22F2N2. The number of nitrogens with zero attached hydrogens (tertiary/aromatic N) is 1. The number of alkyl halides is 2. The molecule has 0 spiro atoms. The van der Waals surface area contributed by atoms with Gasteiger partial charge in [0, 0.05) is 19.5 Å². The third kappa shape index (κ3) is 6.05. The maximum atomic E-state index is 12.6. The molecule has 0 aromatic carbocycles. The number of hydrogen-bond donors (Lipinski definition) is 1. The van der Waals surface area contributed by atoms with E-state index >= 15 is 0 Å². The van der Waals surface area contributed by atoms with Gasteiger partial charge in [0.2, 0.25) is 5.92 Å². The minimum Gasteiger partial charge on any atom is -0.317 e. The third-order valence-corrected chi connectivity index (χ3v) is 2.96. The fourth-order valence-electron chi connectivity index (χ4n) is 1.98. The Morgan fingerprint density at radius 2 is 1.93 bits per heavy atom. The van der Waals surface area contributed by atoms with Crippen LogP contribution in [-0.2, 0) is 0 Å². The summed E-state index contributed by atoms with van der Waals surface area (Å²) in [5, 5.41) is 3.31. The highest BCUT2D eigenvalue weighted by Crippen LogP contribution is 2.18. The first-order valence-electron chi connectivity index (χ1n) is 5.74. The molecule has 1 N–H and O–H groups in total. The fraction of sp³-hybridized carbons (Fsp3) is 1.00. The van der Waals surface area contributed by atoms with Crippen LogP contribution in [0, 0.1) is 5.92 Å². The Balaban J connectivity index is 2.14. The van der Waals surface area contributed by atoms with Crippen LogP contribution in [-0.4, -0.2) is 44.0 Å². The topological polar surface area (TPSA) is 15.3 Å². The Hall–Kier alpha value is -0.220. The summed E-state index contributed by atoms with van der Waals surface area (Å²) >= 11 is 0.